The normalized spacial score (nSPS) is 14.4. The largest absolute Gasteiger partial charge is 0.433 e. The maximum Gasteiger partial charge on any atom is 0.433 e. The fourth-order valence-electron chi connectivity index (χ4n) is 2.02. The molecule has 2 heterocycles. The molecule has 0 saturated heterocycles. The second-order valence-corrected chi connectivity index (χ2v) is 4.54. The van der Waals surface area contributed by atoms with Gasteiger partial charge in [-0.1, -0.05) is 0 Å². The van der Waals surface area contributed by atoms with Crippen LogP contribution in [0.4, 0.5) is 23.7 Å². The van der Waals surface area contributed by atoms with Crippen LogP contribution in [0, 0.1) is 0 Å². The molecular weight excluding hydrogens is 305 g/mol. The van der Waals surface area contributed by atoms with Gasteiger partial charge in [-0.3, -0.25) is 9.78 Å². The molecule has 1 aromatic heterocycles. The molecule has 0 unspecified atom stereocenters. The maximum absolute atomic E-state index is 12.9. The van der Waals surface area contributed by atoms with E-state index in [-0.39, 0.29) is 30.9 Å². The molecule has 0 radical (unpaired) electrons. The number of nitrogens with one attached hydrogen (secondary N) is 2. The van der Waals surface area contributed by atoms with Gasteiger partial charge >= 0.3 is 12.2 Å². The van der Waals surface area contributed by atoms with Gasteiger partial charge in [0.15, 0.2) is 5.69 Å². The van der Waals surface area contributed by atoms with Crippen molar-refractivity contribution in [2.75, 3.05) is 25.0 Å². The molecule has 2 rings (SSSR count). The summed E-state index contributed by atoms with van der Waals surface area (Å²) in [5.74, 6) is -0.579. The van der Waals surface area contributed by atoms with Crippen molar-refractivity contribution in [1.82, 2.24) is 15.2 Å². The lowest BCUT2D eigenvalue weighted by Gasteiger charge is -2.30. The van der Waals surface area contributed by atoms with Crippen LogP contribution in [-0.2, 0) is 17.5 Å². The lowest BCUT2D eigenvalue weighted by atomic mass is 10.1. The molecule has 3 N–H and O–H groups in total. The molecule has 0 saturated carbocycles. The first-order valence-electron chi connectivity index (χ1n) is 6.31. The van der Waals surface area contributed by atoms with E-state index in [4.69, 9.17) is 5.11 Å². The molecule has 10 heteroatoms. The monoisotopic (exact) mass is 318 g/mol. The van der Waals surface area contributed by atoms with Crippen LogP contribution in [-0.4, -0.2) is 46.6 Å². The van der Waals surface area contributed by atoms with Crippen LogP contribution >= 0.6 is 0 Å². The van der Waals surface area contributed by atoms with E-state index in [1.807, 2.05) is 0 Å². The summed E-state index contributed by atoms with van der Waals surface area (Å²) < 4.78 is 38.8. The highest BCUT2D eigenvalue weighted by Gasteiger charge is 2.39. The number of urea groups is 1. The number of carbonyl (C=O) groups excluding carboxylic acids is 2. The highest BCUT2D eigenvalue weighted by atomic mass is 19.4. The van der Waals surface area contributed by atoms with Gasteiger partial charge in [-0.2, -0.15) is 13.2 Å². The summed E-state index contributed by atoms with van der Waals surface area (Å²) in [6.07, 6.45) is -3.69. The Hall–Kier alpha value is -2.36. The quantitative estimate of drug-likeness (QED) is 0.756. The van der Waals surface area contributed by atoms with Crippen molar-refractivity contribution < 1.29 is 27.9 Å². The fraction of sp³-hybridized carbons (Fsp3) is 0.417. The molecule has 120 valence electrons. The Labute approximate surface area is 123 Å². The van der Waals surface area contributed by atoms with E-state index >= 15 is 0 Å². The van der Waals surface area contributed by atoms with Crippen molar-refractivity contribution in [3.63, 3.8) is 0 Å². The SMILES string of the molecule is O=C(CN1Cc2c(ccnc2C(F)(F)F)NC1=O)NCCO. The lowest BCUT2D eigenvalue weighted by molar-refractivity contribution is -0.142. The van der Waals surface area contributed by atoms with Crippen molar-refractivity contribution >= 4 is 17.6 Å². The fourth-order valence-corrected chi connectivity index (χ4v) is 2.02. The first-order valence-corrected chi connectivity index (χ1v) is 6.31. The minimum Gasteiger partial charge on any atom is -0.395 e. The first-order chi connectivity index (χ1) is 10.3. The Morgan fingerprint density at radius 1 is 1.50 bits per heavy atom. The number of pyridine rings is 1. The number of hydrogen-bond donors (Lipinski definition) is 3. The molecule has 1 aromatic rings. The zero-order valence-corrected chi connectivity index (χ0v) is 11.3. The number of anilines is 1. The summed E-state index contributed by atoms with van der Waals surface area (Å²) in [5, 5.41) is 13.2. The predicted octanol–water partition coefficient (Wildman–Crippen LogP) is 0.556. The van der Waals surface area contributed by atoms with Crippen LogP contribution in [0.1, 0.15) is 11.3 Å². The minimum absolute atomic E-state index is 0.000234. The van der Waals surface area contributed by atoms with E-state index in [0.717, 1.165) is 11.1 Å². The number of aliphatic hydroxyl groups excluding tert-OH is 1. The summed E-state index contributed by atoms with van der Waals surface area (Å²) in [5.41, 5.74) is -1.25. The Morgan fingerprint density at radius 3 is 2.86 bits per heavy atom. The van der Waals surface area contributed by atoms with E-state index in [2.05, 4.69) is 15.6 Å². The van der Waals surface area contributed by atoms with Gasteiger partial charge in [0.2, 0.25) is 5.91 Å². The summed E-state index contributed by atoms with van der Waals surface area (Å²) in [6.45, 7) is -1.07. The van der Waals surface area contributed by atoms with Crippen LogP contribution in [0.5, 0.6) is 0 Å². The zero-order chi connectivity index (χ0) is 16.3. The van der Waals surface area contributed by atoms with Gasteiger partial charge in [0, 0.05) is 18.3 Å². The van der Waals surface area contributed by atoms with Crippen molar-refractivity contribution in [3.8, 4) is 0 Å². The van der Waals surface area contributed by atoms with Crippen molar-refractivity contribution in [3.05, 3.63) is 23.5 Å². The molecule has 0 aromatic carbocycles. The number of hydrogen-bond acceptors (Lipinski definition) is 4. The summed E-state index contributed by atoms with van der Waals surface area (Å²) in [4.78, 5) is 27.6. The molecule has 0 atom stereocenters. The van der Waals surface area contributed by atoms with Crippen molar-refractivity contribution in [2.24, 2.45) is 0 Å². The molecule has 0 bridgehead atoms. The third kappa shape index (κ3) is 3.45. The van der Waals surface area contributed by atoms with E-state index in [9.17, 15) is 22.8 Å². The second-order valence-electron chi connectivity index (χ2n) is 4.54. The van der Waals surface area contributed by atoms with Gasteiger partial charge < -0.3 is 20.6 Å². The molecule has 0 spiro atoms. The Balaban J connectivity index is 2.20. The smallest absolute Gasteiger partial charge is 0.395 e. The average Bonchev–Trinajstić information content (AvgIpc) is 2.44. The van der Waals surface area contributed by atoms with Gasteiger partial charge in [0.05, 0.1) is 18.8 Å². The molecule has 0 aliphatic carbocycles. The van der Waals surface area contributed by atoms with Crippen molar-refractivity contribution in [1.29, 1.82) is 0 Å². The summed E-state index contributed by atoms with van der Waals surface area (Å²) >= 11 is 0. The molecule has 1 aliphatic rings. The molecule has 3 amide bonds. The van der Waals surface area contributed by atoms with Gasteiger partial charge in [-0.05, 0) is 6.07 Å². The third-order valence-corrected chi connectivity index (χ3v) is 2.97. The zero-order valence-electron chi connectivity index (χ0n) is 11.3. The number of fused-ring (bicyclic) bond motifs is 1. The first kappa shape index (κ1) is 16.0. The second kappa shape index (κ2) is 6.18. The molecular formula is C12H13F3N4O3. The third-order valence-electron chi connectivity index (χ3n) is 2.97. The Kier molecular flexibility index (Phi) is 4.50. The van der Waals surface area contributed by atoms with Crippen molar-refractivity contribution in [2.45, 2.75) is 12.7 Å². The molecule has 0 fully saturated rings. The van der Waals surface area contributed by atoms with Gasteiger partial charge in [0.1, 0.15) is 6.54 Å². The number of halogens is 3. The average molecular weight is 318 g/mol. The lowest BCUT2D eigenvalue weighted by Crippen LogP contribution is -2.45. The highest BCUT2D eigenvalue weighted by Crippen LogP contribution is 2.35. The number of rotatable bonds is 4. The van der Waals surface area contributed by atoms with Gasteiger partial charge in [-0.25, -0.2) is 4.79 Å². The van der Waals surface area contributed by atoms with Crippen LogP contribution in [0.25, 0.3) is 0 Å². The number of aromatic nitrogens is 1. The van der Waals surface area contributed by atoms with E-state index in [0.29, 0.717) is 0 Å². The van der Waals surface area contributed by atoms with E-state index in [1.165, 1.54) is 6.07 Å². The Bertz CT molecular complexity index is 591. The van der Waals surface area contributed by atoms with E-state index < -0.39 is 30.4 Å². The van der Waals surface area contributed by atoms with Gasteiger partial charge in [0.25, 0.3) is 0 Å². The summed E-state index contributed by atoms with van der Waals surface area (Å²) in [6, 6.07) is 0.594. The van der Waals surface area contributed by atoms with Crippen LogP contribution in [0.15, 0.2) is 12.3 Å². The summed E-state index contributed by atoms with van der Waals surface area (Å²) in [7, 11) is 0. The van der Waals surface area contributed by atoms with Crippen LogP contribution in [0.3, 0.4) is 0 Å². The number of nitrogens with zero attached hydrogens (tertiary/aromatic N) is 2. The van der Waals surface area contributed by atoms with Crippen LogP contribution in [0.2, 0.25) is 0 Å². The number of carbonyl (C=O) groups is 2. The Morgan fingerprint density at radius 2 is 2.23 bits per heavy atom. The maximum atomic E-state index is 12.9. The predicted molar refractivity (Wildman–Crippen MR) is 68.8 cm³/mol. The number of amides is 3. The standard InChI is InChI=1S/C12H13F3N4O3/c13-12(14,15)10-7-5-19(6-9(21)16-3-4-20)11(22)18-8(7)1-2-17-10/h1-2,20H,3-6H2,(H,16,21)(H,18,22). The topological polar surface area (TPSA) is 94.6 Å². The van der Waals surface area contributed by atoms with Crippen LogP contribution < -0.4 is 10.6 Å². The molecule has 7 nitrogen and oxygen atoms in total. The van der Waals surface area contributed by atoms with E-state index in [1.54, 1.807) is 0 Å². The minimum atomic E-state index is -4.65. The molecule has 1 aliphatic heterocycles. The van der Waals surface area contributed by atoms with Gasteiger partial charge in [-0.15, -0.1) is 0 Å². The number of alkyl halides is 3. The number of aliphatic hydroxyl groups is 1. The molecule has 22 heavy (non-hydrogen) atoms. The highest BCUT2D eigenvalue weighted by molar-refractivity contribution is 5.95.